The van der Waals surface area contributed by atoms with E-state index in [9.17, 15) is 4.79 Å². The van der Waals surface area contributed by atoms with Gasteiger partial charge in [0.05, 0.1) is 17.2 Å². The van der Waals surface area contributed by atoms with Crippen LogP contribution in [-0.4, -0.2) is 43.4 Å². The number of nitrogens with zero attached hydrogens (tertiary/aromatic N) is 4. The molecule has 2 aromatic heterocycles. The third-order valence-corrected chi connectivity index (χ3v) is 4.40. The van der Waals surface area contributed by atoms with Gasteiger partial charge in [-0.25, -0.2) is 0 Å². The van der Waals surface area contributed by atoms with Crippen molar-refractivity contribution in [3.05, 3.63) is 28.7 Å². The molecule has 1 amide bonds. The lowest BCUT2D eigenvalue weighted by molar-refractivity contribution is -0.129. The molecule has 0 saturated heterocycles. The Morgan fingerprint density at radius 1 is 1.48 bits per heavy atom. The van der Waals surface area contributed by atoms with Gasteiger partial charge in [0.2, 0.25) is 11.8 Å². The second-order valence-electron chi connectivity index (χ2n) is 5.07. The number of nitrogens with one attached hydrogen (secondary N) is 1. The molecule has 8 heteroatoms. The number of hydrogen-bond acceptors (Lipinski definition) is 6. The summed E-state index contributed by atoms with van der Waals surface area (Å²) in [7, 11) is 0. The second kappa shape index (κ2) is 5.88. The number of thioether (sulfide) groups is 1. The van der Waals surface area contributed by atoms with Crippen molar-refractivity contribution in [2.75, 3.05) is 12.3 Å². The fourth-order valence-electron chi connectivity index (χ4n) is 2.36. The largest absolute Gasteiger partial charge is 0.338 e. The summed E-state index contributed by atoms with van der Waals surface area (Å²) >= 11 is 1.50. The SMILES string of the molecule is Cc1noc(CSCC(=O)N2CCc3n[nH]c(C)c3C2)n1. The molecule has 7 nitrogen and oxygen atoms in total. The number of aromatic nitrogens is 4. The number of H-pyrrole nitrogens is 1. The van der Waals surface area contributed by atoms with Gasteiger partial charge < -0.3 is 9.42 Å². The van der Waals surface area contributed by atoms with E-state index in [-0.39, 0.29) is 5.91 Å². The molecule has 0 fully saturated rings. The standard InChI is InChI=1S/C13H17N5O2S/c1-8-10-5-18(4-3-11(10)16-15-8)13(19)7-21-6-12-14-9(2)17-20-12/h3-7H2,1-2H3,(H,15,16). The lowest BCUT2D eigenvalue weighted by Gasteiger charge is -2.26. The third kappa shape index (κ3) is 3.10. The Morgan fingerprint density at radius 2 is 2.33 bits per heavy atom. The van der Waals surface area contributed by atoms with Crippen molar-refractivity contribution < 1.29 is 9.32 Å². The van der Waals surface area contributed by atoms with E-state index < -0.39 is 0 Å². The van der Waals surface area contributed by atoms with Crippen LogP contribution in [0.15, 0.2) is 4.52 Å². The second-order valence-corrected chi connectivity index (χ2v) is 6.05. The Kier molecular flexibility index (Phi) is 3.96. The molecule has 112 valence electrons. The Bertz CT molecular complexity index is 651. The maximum absolute atomic E-state index is 12.2. The molecule has 2 aromatic rings. The van der Waals surface area contributed by atoms with Crippen molar-refractivity contribution >= 4 is 17.7 Å². The van der Waals surface area contributed by atoms with Crippen molar-refractivity contribution in [2.45, 2.75) is 32.6 Å². The summed E-state index contributed by atoms with van der Waals surface area (Å²) in [5, 5.41) is 11.0. The summed E-state index contributed by atoms with van der Waals surface area (Å²) in [6.07, 6.45) is 0.818. The number of amides is 1. The molecule has 1 aliphatic heterocycles. The average Bonchev–Trinajstić information content (AvgIpc) is 3.05. The maximum atomic E-state index is 12.2. The highest BCUT2D eigenvalue weighted by molar-refractivity contribution is 7.99. The van der Waals surface area contributed by atoms with Crippen LogP contribution in [-0.2, 0) is 23.5 Å². The van der Waals surface area contributed by atoms with E-state index in [0.29, 0.717) is 29.8 Å². The first-order valence-corrected chi connectivity index (χ1v) is 7.96. The van der Waals surface area contributed by atoms with Gasteiger partial charge in [0.25, 0.3) is 0 Å². The molecule has 21 heavy (non-hydrogen) atoms. The molecule has 0 aliphatic carbocycles. The summed E-state index contributed by atoms with van der Waals surface area (Å²) < 4.78 is 5.02. The molecule has 0 spiro atoms. The van der Waals surface area contributed by atoms with Crippen LogP contribution in [0.1, 0.15) is 28.7 Å². The van der Waals surface area contributed by atoms with Gasteiger partial charge in [0.15, 0.2) is 5.82 Å². The third-order valence-electron chi connectivity index (χ3n) is 3.50. The Balaban J connectivity index is 1.51. The first-order chi connectivity index (χ1) is 10.1. The average molecular weight is 307 g/mol. The van der Waals surface area contributed by atoms with Crippen molar-refractivity contribution in [3.63, 3.8) is 0 Å². The van der Waals surface area contributed by atoms with Crippen molar-refractivity contribution in [1.29, 1.82) is 0 Å². The van der Waals surface area contributed by atoms with E-state index in [1.807, 2.05) is 11.8 Å². The van der Waals surface area contributed by atoms with Crippen molar-refractivity contribution in [3.8, 4) is 0 Å². The number of carbonyl (C=O) groups is 1. The highest BCUT2D eigenvalue weighted by Gasteiger charge is 2.23. The van der Waals surface area contributed by atoms with Crippen LogP contribution in [0.2, 0.25) is 0 Å². The number of hydrogen-bond donors (Lipinski definition) is 1. The van der Waals surface area contributed by atoms with Gasteiger partial charge in [-0.1, -0.05) is 5.16 Å². The van der Waals surface area contributed by atoms with Crippen LogP contribution < -0.4 is 0 Å². The summed E-state index contributed by atoms with van der Waals surface area (Å²) in [5.41, 5.74) is 3.30. The van der Waals surface area contributed by atoms with Crippen LogP contribution in [0.5, 0.6) is 0 Å². The molecule has 1 N–H and O–H groups in total. The zero-order valence-corrected chi connectivity index (χ0v) is 12.9. The summed E-state index contributed by atoms with van der Waals surface area (Å²) in [6, 6.07) is 0. The summed E-state index contributed by atoms with van der Waals surface area (Å²) in [4.78, 5) is 18.2. The molecule has 0 bridgehead atoms. The van der Waals surface area contributed by atoms with Gasteiger partial charge in [-0.2, -0.15) is 10.1 Å². The molecule has 0 atom stereocenters. The number of aryl methyl sites for hydroxylation is 2. The van der Waals surface area contributed by atoms with Crippen LogP contribution in [0.3, 0.4) is 0 Å². The van der Waals surface area contributed by atoms with Gasteiger partial charge in [0, 0.05) is 30.8 Å². The lowest BCUT2D eigenvalue weighted by Crippen LogP contribution is -2.37. The summed E-state index contributed by atoms with van der Waals surface area (Å²) in [5.74, 6) is 2.32. The Hall–Kier alpha value is -1.83. The van der Waals surface area contributed by atoms with E-state index in [4.69, 9.17) is 4.52 Å². The monoisotopic (exact) mass is 307 g/mol. The van der Waals surface area contributed by atoms with E-state index >= 15 is 0 Å². The first kappa shape index (κ1) is 14.1. The van der Waals surface area contributed by atoms with Gasteiger partial charge >= 0.3 is 0 Å². The van der Waals surface area contributed by atoms with Gasteiger partial charge in [-0.15, -0.1) is 11.8 Å². The van der Waals surface area contributed by atoms with E-state index in [2.05, 4.69) is 20.3 Å². The molecular formula is C13H17N5O2S. The smallest absolute Gasteiger partial charge is 0.236 e. The van der Waals surface area contributed by atoms with E-state index in [1.165, 1.54) is 11.8 Å². The minimum absolute atomic E-state index is 0.141. The minimum atomic E-state index is 0.141. The topological polar surface area (TPSA) is 87.9 Å². The van der Waals surface area contributed by atoms with Gasteiger partial charge in [-0.3, -0.25) is 9.89 Å². The highest BCUT2D eigenvalue weighted by atomic mass is 32.2. The zero-order valence-electron chi connectivity index (χ0n) is 12.0. The maximum Gasteiger partial charge on any atom is 0.236 e. The zero-order chi connectivity index (χ0) is 14.8. The number of fused-ring (bicyclic) bond motifs is 1. The fourth-order valence-corrected chi connectivity index (χ4v) is 3.11. The summed E-state index contributed by atoms with van der Waals surface area (Å²) in [6.45, 7) is 5.15. The molecule has 3 rings (SSSR count). The predicted molar refractivity (Wildman–Crippen MR) is 77.6 cm³/mol. The van der Waals surface area contributed by atoms with Crippen molar-refractivity contribution in [2.24, 2.45) is 0 Å². The molecule has 0 aromatic carbocycles. The highest BCUT2D eigenvalue weighted by Crippen LogP contribution is 2.21. The quantitative estimate of drug-likeness (QED) is 0.914. The van der Waals surface area contributed by atoms with Crippen LogP contribution in [0.4, 0.5) is 0 Å². The molecule has 0 unspecified atom stereocenters. The molecular weight excluding hydrogens is 290 g/mol. The first-order valence-electron chi connectivity index (χ1n) is 6.81. The van der Waals surface area contributed by atoms with Crippen LogP contribution in [0, 0.1) is 13.8 Å². The van der Waals surface area contributed by atoms with Crippen molar-refractivity contribution in [1.82, 2.24) is 25.2 Å². The number of rotatable bonds is 4. The molecule has 0 saturated carbocycles. The number of carbonyl (C=O) groups excluding carboxylic acids is 1. The van der Waals surface area contributed by atoms with E-state index in [0.717, 1.165) is 29.9 Å². The van der Waals surface area contributed by atoms with Gasteiger partial charge in [-0.05, 0) is 13.8 Å². The lowest BCUT2D eigenvalue weighted by atomic mass is 10.1. The van der Waals surface area contributed by atoms with Crippen LogP contribution in [0.25, 0.3) is 0 Å². The Morgan fingerprint density at radius 3 is 3.10 bits per heavy atom. The Labute approximate surface area is 126 Å². The predicted octanol–water partition coefficient (Wildman–Crippen LogP) is 1.23. The minimum Gasteiger partial charge on any atom is -0.338 e. The molecule has 0 radical (unpaired) electrons. The fraction of sp³-hybridized carbons (Fsp3) is 0.538. The normalized spacial score (nSPS) is 14.3. The molecule has 3 heterocycles. The van der Waals surface area contributed by atoms with Gasteiger partial charge in [0.1, 0.15) is 0 Å². The van der Waals surface area contributed by atoms with E-state index in [1.54, 1.807) is 6.92 Å². The van der Waals surface area contributed by atoms with Crippen LogP contribution >= 0.6 is 11.8 Å². The molecule has 1 aliphatic rings. The number of aromatic amines is 1.